The van der Waals surface area contributed by atoms with E-state index < -0.39 is 11.9 Å². The van der Waals surface area contributed by atoms with Crippen LogP contribution in [0.4, 0.5) is 0 Å². The molecule has 0 unspecified atom stereocenters. The van der Waals surface area contributed by atoms with Gasteiger partial charge >= 0.3 is 11.9 Å². The molecule has 7 nitrogen and oxygen atoms in total. The highest BCUT2D eigenvalue weighted by Crippen LogP contribution is 2.28. The van der Waals surface area contributed by atoms with Gasteiger partial charge in [0.1, 0.15) is 0 Å². The molecule has 0 spiro atoms. The normalized spacial score (nSPS) is 13.8. The van der Waals surface area contributed by atoms with E-state index in [1.54, 1.807) is 0 Å². The Morgan fingerprint density at radius 1 is 0.750 bits per heavy atom. The lowest BCUT2D eigenvalue weighted by molar-refractivity contribution is -0.134. The number of benzene rings is 3. The van der Waals surface area contributed by atoms with Crippen molar-refractivity contribution >= 4 is 11.9 Å². The fraction of sp³-hybridized carbons (Fsp3) is 0.341. The van der Waals surface area contributed by atoms with Gasteiger partial charge in [-0.3, -0.25) is 14.8 Å². The minimum atomic E-state index is -1.26. The van der Waals surface area contributed by atoms with Crippen LogP contribution in [0.3, 0.4) is 0 Å². The average molecular weight is 648 g/mol. The lowest BCUT2D eigenvalue weighted by Crippen LogP contribution is -2.42. The van der Waals surface area contributed by atoms with Gasteiger partial charge in [-0.15, -0.1) is 0 Å². The van der Waals surface area contributed by atoms with Crippen molar-refractivity contribution in [1.82, 2.24) is 14.8 Å². The summed E-state index contributed by atoms with van der Waals surface area (Å²) >= 11 is 0. The van der Waals surface area contributed by atoms with Crippen molar-refractivity contribution in [3.63, 3.8) is 0 Å². The quantitative estimate of drug-likeness (QED) is 0.178. The predicted octanol–water partition coefficient (Wildman–Crippen LogP) is 8.07. The summed E-state index contributed by atoms with van der Waals surface area (Å²) in [5.41, 5.74) is 15.9. The lowest BCUT2D eigenvalue weighted by Gasteiger charge is -2.37. The number of carboxylic acids is 2. The number of pyridine rings is 1. The molecule has 3 aromatic carbocycles. The molecule has 0 amide bonds. The first-order valence-electron chi connectivity index (χ1n) is 16.6. The molecule has 1 aliphatic heterocycles. The second kappa shape index (κ2) is 16.5. The Balaban J connectivity index is 0.000000579. The highest BCUT2D eigenvalue weighted by Gasteiger charge is 2.23. The van der Waals surface area contributed by atoms with Crippen LogP contribution in [0.25, 0.3) is 22.4 Å². The van der Waals surface area contributed by atoms with Gasteiger partial charge in [-0.1, -0.05) is 30.3 Å². The fourth-order valence-corrected chi connectivity index (χ4v) is 6.30. The van der Waals surface area contributed by atoms with E-state index in [0.717, 1.165) is 31.9 Å². The zero-order valence-corrected chi connectivity index (χ0v) is 29.4. The molecule has 7 heteroatoms. The third-order valence-corrected chi connectivity index (χ3v) is 9.62. The molecule has 1 aromatic heterocycles. The van der Waals surface area contributed by atoms with Crippen molar-refractivity contribution in [3.8, 4) is 22.4 Å². The van der Waals surface area contributed by atoms with E-state index in [2.05, 4.69) is 119 Å². The monoisotopic (exact) mass is 647 g/mol. The van der Waals surface area contributed by atoms with Gasteiger partial charge in [-0.05, 0) is 160 Å². The first kappa shape index (κ1) is 36.2. The summed E-state index contributed by atoms with van der Waals surface area (Å²) in [5, 5.41) is 15.6. The Hall–Kier alpha value is -4.59. The Labute approximate surface area is 285 Å². The first-order valence-corrected chi connectivity index (χ1v) is 16.6. The van der Waals surface area contributed by atoms with Crippen molar-refractivity contribution in [2.75, 3.05) is 20.1 Å². The van der Waals surface area contributed by atoms with Crippen LogP contribution in [-0.4, -0.2) is 63.1 Å². The van der Waals surface area contributed by atoms with E-state index in [1.807, 2.05) is 6.20 Å². The summed E-state index contributed by atoms with van der Waals surface area (Å²) in [6.07, 6.45) is 5.51. The predicted molar refractivity (Wildman–Crippen MR) is 194 cm³/mol. The molecule has 4 aromatic rings. The smallest absolute Gasteiger partial charge is 0.328 e. The topological polar surface area (TPSA) is 94.0 Å². The zero-order chi connectivity index (χ0) is 35.0. The third kappa shape index (κ3) is 9.96. The Kier molecular flexibility index (Phi) is 12.5. The van der Waals surface area contributed by atoms with E-state index in [1.165, 1.54) is 74.0 Å². The number of carbonyl (C=O) groups is 2. The SMILES string of the molecule is Cc1cc(-c2cccc(CN(C)C3CCN(Cc4ccnc(-c5cc(C)c(C)c(C)c5)c4)CC3)c2)cc(C)c1C.O=C(O)/C=C/C(=O)O. The van der Waals surface area contributed by atoms with E-state index >= 15 is 0 Å². The number of hydrogen-bond acceptors (Lipinski definition) is 5. The maximum Gasteiger partial charge on any atom is 0.328 e. The van der Waals surface area contributed by atoms with E-state index in [-0.39, 0.29) is 0 Å². The highest BCUT2D eigenvalue weighted by molar-refractivity contribution is 5.89. The van der Waals surface area contributed by atoms with Crippen LogP contribution in [0.1, 0.15) is 57.3 Å². The second-order valence-corrected chi connectivity index (χ2v) is 13.2. The molecule has 0 radical (unpaired) electrons. The molecule has 252 valence electrons. The molecule has 1 saturated heterocycles. The molecule has 0 saturated carbocycles. The van der Waals surface area contributed by atoms with Crippen molar-refractivity contribution in [1.29, 1.82) is 0 Å². The maximum absolute atomic E-state index is 9.55. The number of aryl methyl sites for hydroxylation is 4. The number of carboxylic acid groups (broad SMARTS) is 2. The molecule has 48 heavy (non-hydrogen) atoms. The second-order valence-electron chi connectivity index (χ2n) is 13.2. The summed E-state index contributed by atoms with van der Waals surface area (Å²) in [4.78, 5) is 29.0. The number of aromatic nitrogens is 1. The lowest BCUT2D eigenvalue weighted by atomic mass is 9.95. The first-order chi connectivity index (χ1) is 22.8. The van der Waals surface area contributed by atoms with Gasteiger partial charge in [0, 0.05) is 43.0 Å². The minimum Gasteiger partial charge on any atom is -0.478 e. The molecule has 2 N–H and O–H groups in total. The average Bonchev–Trinajstić information content (AvgIpc) is 3.05. The molecule has 2 heterocycles. The number of piperidine rings is 1. The van der Waals surface area contributed by atoms with Gasteiger partial charge in [-0.2, -0.15) is 0 Å². The van der Waals surface area contributed by atoms with Crippen LogP contribution in [0.15, 0.2) is 79.0 Å². The standard InChI is InChI=1S/C37H45N3.C4H4O4/c1-25-17-34(18-26(2)29(25)5)33-10-8-9-31(21-33)23-39(7)36-12-15-40(16-13-36)24-32-11-14-38-37(22-32)35-19-27(3)30(6)28(4)20-35;5-3(6)1-2-4(7)8/h8-11,14,17-22,36H,12-13,15-16,23-24H2,1-7H3;1-2H,(H,5,6)(H,7,8)/b;2-1+. The Morgan fingerprint density at radius 3 is 1.83 bits per heavy atom. The van der Waals surface area contributed by atoms with Crippen molar-refractivity contribution in [3.05, 3.63) is 124 Å². The van der Waals surface area contributed by atoms with Crippen LogP contribution in [-0.2, 0) is 22.7 Å². The molecule has 1 aliphatic rings. The van der Waals surface area contributed by atoms with Crippen LogP contribution in [0.2, 0.25) is 0 Å². The van der Waals surface area contributed by atoms with Crippen LogP contribution < -0.4 is 0 Å². The van der Waals surface area contributed by atoms with Gasteiger partial charge in [-0.25, -0.2) is 9.59 Å². The minimum absolute atomic E-state index is 0.558. The molecular weight excluding hydrogens is 598 g/mol. The van der Waals surface area contributed by atoms with Gasteiger partial charge in [0.05, 0.1) is 5.69 Å². The maximum atomic E-state index is 9.55. The molecule has 0 aliphatic carbocycles. The van der Waals surface area contributed by atoms with Gasteiger partial charge < -0.3 is 10.2 Å². The van der Waals surface area contributed by atoms with Crippen molar-refractivity contribution in [2.24, 2.45) is 0 Å². The molecule has 1 fully saturated rings. The van der Waals surface area contributed by atoms with Gasteiger partial charge in [0.25, 0.3) is 0 Å². The summed E-state index contributed by atoms with van der Waals surface area (Å²) < 4.78 is 0. The number of likely N-dealkylation sites (tertiary alicyclic amines) is 1. The molecule has 0 atom stereocenters. The van der Waals surface area contributed by atoms with Gasteiger partial charge in [0.2, 0.25) is 0 Å². The van der Waals surface area contributed by atoms with Crippen LogP contribution >= 0.6 is 0 Å². The molecule has 5 rings (SSSR count). The van der Waals surface area contributed by atoms with Crippen LogP contribution in [0.5, 0.6) is 0 Å². The highest BCUT2D eigenvalue weighted by atomic mass is 16.4. The van der Waals surface area contributed by atoms with Gasteiger partial charge in [0.15, 0.2) is 0 Å². The number of aliphatic carboxylic acids is 2. The molecule has 0 bridgehead atoms. The Bertz CT molecular complexity index is 1720. The zero-order valence-electron chi connectivity index (χ0n) is 29.4. The van der Waals surface area contributed by atoms with E-state index in [0.29, 0.717) is 18.2 Å². The van der Waals surface area contributed by atoms with E-state index in [9.17, 15) is 9.59 Å². The number of nitrogens with zero attached hydrogens (tertiary/aromatic N) is 3. The fourth-order valence-electron chi connectivity index (χ4n) is 6.30. The summed E-state index contributed by atoms with van der Waals surface area (Å²) in [7, 11) is 2.30. The summed E-state index contributed by atoms with van der Waals surface area (Å²) in [5.74, 6) is -2.51. The van der Waals surface area contributed by atoms with Crippen LogP contribution in [0, 0.1) is 41.5 Å². The molecular formula is C41H49N3O4. The van der Waals surface area contributed by atoms with Crippen molar-refractivity contribution < 1.29 is 19.8 Å². The summed E-state index contributed by atoms with van der Waals surface area (Å²) in [6, 6.07) is 23.4. The number of hydrogen-bond donors (Lipinski definition) is 2. The number of rotatable bonds is 9. The van der Waals surface area contributed by atoms with E-state index in [4.69, 9.17) is 15.2 Å². The summed E-state index contributed by atoms with van der Waals surface area (Å²) in [6.45, 7) is 17.5. The largest absolute Gasteiger partial charge is 0.478 e. The third-order valence-electron chi connectivity index (χ3n) is 9.62. The van der Waals surface area contributed by atoms with Crippen molar-refractivity contribution in [2.45, 2.75) is 73.5 Å². The Morgan fingerprint density at radius 2 is 1.29 bits per heavy atom.